The average Bonchev–Trinajstić information content (AvgIpc) is 2.71. The minimum atomic E-state index is -4.47. The molecule has 0 fully saturated rings. The molecular formula is C7H2F4N2O2S. The lowest BCUT2D eigenvalue weighted by molar-refractivity contribution is -0.134. The summed E-state index contributed by atoms with van der Waals surface area (Å²) in [6.45, 7) is 0. The highest BCUT2D eigenvalue weighted by atomic mass is 32.1. The quantitative estimate of drug-likeness (QED) is 0.734. The number of fused-ring (bicyclic) bond motifs is 1. The van der Waals surface area contributed by atoms with E-state index < -0.39 is 17.0 Å². The highest BCUT2D eigenvalue weighted by Gasteiger charge is 2.33. The first kappa shape index (κ1) is 10.9. The van der Waals surface area contributed by atoms with Gasteiger partial charge in [0.05, 0.1) is 0 Å². The molecule has 0 saturated heterocycles. The molecule has 0 aliphatic rings. The van der Waals surface area contributed by atoms with E-state index in [1.807, 2.05) is 0 Å². The molecular weight excluding hydrogens is 252 g/mol. The maximum absolute atomic E-state index is 12.2. The second kappa shape index (κ2) is 3.44. The van der Waals surface area contributed by atoms with E-state index >= 15 is 0 Å². The normalized spacial score (nSPS) is 12.0. The van der Waals surface area contributed by atoms with E-state index in [1.54, 1.807) is 0 Å². The van der Waals surface area contributed by atoms with E-state index in [-0.39, 0.29) is 10.7 Å². The Hall–Kier alpha value is -1.64. The molecule has 0 saturated carbocycles. The molecule has 2 aromatic rings. The van der Waals surface area contributed by atoms with E-state index in [0.717, 1.165) is 16.8 Å². The Bertz CT molecular complexity index is 513. The lowest BCUT2D eigenvalue weighted by Gasteiger charge is -1.99. The molecule has 0 amide bonds. The van der Waals surface area contributed by atoms with Crippen molar-refractivity contribution in [1.29, 1.82) is 0 Å². The zero-order valence-corrected chi connectivity index (χ0v) is 8.10. The van der Waals surface area contributed by atoms with Crippen LogP contribution >= 0.6 is 11.3 Å². The summed E-state index contributed by atoms with van der Waals surface area (Å²) < 4.78 is 49.2. The van der Waals surface area contributed by atoms with Crippen LogP contribution in [0.15, 0.2) is 12.4 Å². The minimum absolute atomic E-state index is 0.0623. The number of carbonyl (C=O) groups excluding carboxylic acids is 1. The van der Waals surface area contributed by atoms with Gasteiger partial charge in [-0.3, -0.25) is 4.40 Å². The number of nitrogens with zero attached hydrogens (tertiary/aromatic N) is 2. The van der Waals surface area contributed by atoms with E-state index in [2.05, 4.69) is 9.93 Å². The Kier molecular flexibility index (Phi) is 2.34. The van der Waals surface area contributed by atoms with Crippen molar-refractivity contribution in [3.05, 3.63) is 23.0 Å². The van der Waals surface area contributed by atoms with Crippen LogP contribution in [0, 0.1) is 0 Å². The summed E-state index contributed by atoms with van der Waals surface area (Å²) in [5, 5.41) is 0. The highest BCUT2D eigenvalue weighted by Crippen LogP contribution is 2.34. The first-order chi connectivity index (χ1) is 7.41. The van der Waals surface area contributed by atoms with Crippen molar-refractivity contribution < 1.29 is 27.4 Å². The summed E-state index contributed by atoms with van der Waals surface area (Å²) in [4.78, 5) is 16.1. The third-order valence-corrected chi connectivity index (χ3v) is 2.76. The second-order valence-corrected chi connectivity index (χ2v) is 3.78. The van der Waals surface area contributed by atoms with Crippen LogP contribution in [0.3, 0.4) is 0 Å². The SMILES string of the molecule is O=C(OF)c1cn2cc(C(F)(F)F)sc2n1. The molecule has 2 aromatic heterocycles. The van der Waals surface area contributed by atoms with Gasteiger partial charge < -0.3 is 0 Å². The largest absolute Gasteiger partial charge is 0.427 e. The monoisotopic (exact) mass is 254 g/mol. The van der Waals surface area contributed by atoms with Gasteiger partial charge in [-0.15, -0.1) is 0 Å². The van der Waals surface area contributed by atoms with Crippen LogP contribution in [0.25, 0.3) is 4.96 Å². The Balaban J connectivity index is 2.44. The first-order valence-electron chi connectivity index (χ1n) is 3.80. The van der Waals surface area contributed by atoms with Crippen molar-refractivity contribution in [1.82, 2.24) is 9.38 Å². The Morgan fingerprint density at radius 1 is 1.44 bits per heavy atom. The van der Waals surface area contributed by atoms with Crippen LogP contribution in [-0.4, -0.2) is 15.4 Å². The summed E-state index contributed by atoms with van der Waals surface area (Å²) in [6.07, 6.45) is -2.74. The molecule has 0 aliphatic carbocycles. The van der Waals surface area contributed by atoms with E-state index in [9.17, 15) is 22.5 Å². The summed E-state index contributed by atoms with van der Waals surface area (Å²) in [5.41, 5.74) is -0.387. The van der Waals surface area contributed by atoms with Gasteiger partial charge >= 0.3 is 12.1 Å². The molecule has 0 bridgehead atoms. The molecule has 0 radical (unpaired) electrons. The molecule has 4 nitrogen and oxygen atoms in total. The molecule has 0 atom stereocenters. The van der Waals surface area contributed by atoms with Crippen molar-refractivity contribution in [3.63, 3.8) is 0 Å². The highest BCUT2D eigenvalue weighted by molar-refractivity contribution is 7.17. The number of imidazole rings is 1. The van der Waals surface area contributed by atoms with Gasteiger partial charge in [0.25, 0.3) is 0 Å². The molecule has 0 aliphatic heterocycles. The fourth-order valence-electron chi connectivity index (χ4n) is 1.06. The predicted molar refractivity (Wildman–Crippen MR) is 44.6 cm³/mol. The summed E-state index contributed by atoms with van der Waals surface area (Å²) in [6, 6.07) is 0. The van der Waals surface area contributed by atoms with Crippen molar-refractivity contribution in [2.45, 2.75) is 6.18 Å². The van der Waals surface area contributed by atoms with Crippen molar-refractivity contribution in [2.75, 3.05) is 0 Å². The van der Waals surface area contributed by atoms with Crippen molar-refractivity contribution in [2.24, 2.45) is 0 Å². The fourth-order valence-corrected chi connectivity index (χ4v) is 1.90. The van der Waals surface area contributed by atoms with Crippen LogP contribution in [0.2, 0.25) is 0 Å². The van der Waals surface area contributed by atoms with Gasteiger partial charge in [-0.25, -0.2) is 14.7 Å². The Morgan fingerprint density at radius 3 is 2.62 bits per heavy atom. The van der Waals surface area contributed by atoms with Crippen LogP contribution in [-0.2, 0) is 11.1 Å². The third-order valence-electron chi connectivity index (χ3n) is 1.71. The van der Waals surface area contributed by atoms with Gasteiger partial charge in [-0.2, -0.15) is 13.2 Å². The topological polar surface area (TPSA) is 43.6 Å². The number of hydrogen-bond donors (Lipinski definition) is 0. The maximum Gasteiger partial charge on any atom is 0.427 e. The molecule has 0 unspecified atom stereocenters. The van der Waals surface area contributed by atoms with Crippen LogP contribution in [0.4, 0.5) is 17.7 Å². The molecule has 0 N–H and O–H groups in total. The molecule has 2 rings (SSSR count). The lowest BCUT2D eigenvalue weighted by Crippen LogP contribution is -2.01. The number of thiazole rings is 1. The van der Waals surface area contributed by atoms with E-state index in [1.165, 1.54) is 0 Å². The molecule has 16 heavy (non-hydrogen) atoms. The molecule has 0 aromatic carbocycles. The third kappa shape index (κ3) is 1.73. The number of hydrogen-bond acceptors (Lipinski definition) is 4. The van der Waals surface area contributed by atoms with Crippen LogP contribution in [0.5, 0.6) is 0 Å². The van der Waals surface area contributed by atoms with E-state index in [0.29, 0.717) is 11.3 Å². The summed E-state index contributed by atoms with van der Waals surface area (Å²) >= 11 is 0.350. The second-order valence-electron chi connectivity index (χ2n) is 2.77. The van der Waals surface area contributed by atoms with Crippen molar-refractivity contribution in [3.8, 4) is 0 Å². The van der Waals surface area contributed by atoms with Gasteiger partial charge in [-0.1, -0.05) is 11.3 Å². The van der Waals surface area contributed by atoms with Gasteiger partial charge in [0.2, 0.25) is 0 Å². The van der Waals surface area contributed by atoms with Gasteiger partial charge in [0.1, 0.15) is 4.88 Å². The van der Waals surface area contributed by atoms with E-state index in [4.69, 9.17) is 0 Å². The zero-order chi connectivity index (χ0) is 11.9. The fraction of sp³-hybridized carbons (Fsp3) is 0.143. The molecule has 86 valence electrons. The summed E-state index contributed by atoms with van der Waals surface area (Å²) in [5.74, 6) is -1.34. The van der Waals surface area contributed by atoms with Crippen LogP contribution < -0.4 is 0 Å². The standard InChI is InChI=1S/C7H2F4N2O2S/c8-7(9,10)4-2-13-1-3(5(14)15-11)12-6(13)16-4/h1-2H. The maximum atomic E-state index is 12.2. The van der Waals surface area contributed by atoms with Crippen LogP contribution in [0.1, 0.15) is 15.4 Å². The number of carbonyl (C=O) groups is 1. The Labute approximate surface area is 89.0 Å². The number of alkyl halides is 3. The first-order valence-corrected chi connectivity index (χ1v) is 4.62. The lowest BCUT2D eigenvalue weighted by atomic mass is 10.5. The van der Waals surface area contributed by atoms with Gasteiger partial charge in [-0.05, 0) is 0 Å². The minimum Gasteiger partial charge on any atom is -0.296 e. The smallest absolute Gasteiger partial charge is 0.296 e. The predicted octanol–water partition coefficient (Wildman–Crippen LogP) is 2.46. The number of aromatic nitrogens is 2. The molecule has 0 spiro atoms. The summed E-state index contributed by atoms with van der Waals surface area (Å²) in [7, 11) is 0. The zero-order valence-electron chi connectivity index (χ0n) is 7.29. The Morgan fingerprint density at radius 2 is 2.12 bits per heavy atom. The van der Waals surface area contributed by atoms with Gasteiger partial charge in [0, 0.05) is 16.9 Å². The van der Waals surface area contributed by atoms with Crippen molar-refractivity contribution >= 4 is 22.3 Å². The number of halogens is 4. The average molecular weight is 254 g/mol. The number of rotatable bonds is 1. The molecule has 9 heteroatoms. The molecule has 2 heterocycles. The van der Waals surface area contributed by atoms with Gasteiger partial charge in [0.15, 0.2) is 10.7 Å².